The lowest BCUT2D eigenvalue weighted by atomic mass is 9.54. The predicted octanol–water partition coefficient (Wildman–Crippen LogP) is 5.41. The topological polar surface area (TPSA) is 78.9 Å². The van der Waals surface area contributed by atoms with Crippen molar-refractivity contribution in [2.45, 2.75) is 69.6 Å². The van der Waals surface area contributed by atoms with Crippen LogP contribution in [0.15, 0.2) is 42.5 Å². The minimum Gasteiger partial charge on any atom is -0.484 e. The molecule has 6 nitrogen and oxygen atoms in total. The van der Waals surface area contributed by atoms with Gasteiger partial charge in [-0.1, -0.05) is 47.5 Å². The normalized spacial score (nSPS) is 31.4. The smallest absolute Gasteiger partial charge is 0.258 e. The molecule has 2 N–H and O–H groups in total. The van der Waals surface area contributed by atoms with Crippen LogP contribution < -0.4 is 10.1 Å². The second kappa shape index (κ2) is 10.9. The van der Waals surface area contributed by atoms with Crippen molar-refractivity contribution in [2.75, 3.05) is 13.2 Å². The number of nitrogens with zero attached hydrogens (tertiary/aromatic N) is 1. The Balaban J connectivity index is 1.02. The van der Waals surface area contributed by atoms with E-state index >= 15 is 0 Å². The van der Waals surface area contributed by atoms with Crippen LogP contribution in [0, 0.1) is 23.7 Å². The van der Waals surface area contributed by atoms with Crippen LogP contribution in [0.2, 0.25) is 10.0 Å². The minimum atomic E-state index is -0.501. The zero-order valence-electron chi connectivity index (χ0n) is 22.1. The molecule has 2 aromatic carbocycles. The summed E-state index contributed by atoms with van der Waals surface area (Å²) in [6, 6.07) is 13.1. The fourth-order valence-electron chi connectivity index (χ4n) is 7.72. The second-order valence-corrected chi connectivity index (χ2v) is 12.9. The molecule has 4 fully saturated rings. The number of nitrogens with one attached hydrogen (secondary N) is 1. The van der Waals surface area contributed by atoms with Gasteiger partial charge < -0.3 is 20.1 Å². The van der Waals surface area contributed by atoms with E-state index < -0.39 is 5.60 Å². The highest BCUT2D eigenvalue weighted by atomic mass is 35.5. The summed E-state index contributed by atoms with van der Waals surface area (Å²) < 4.78 is 5.66. The average molecular weight is 572 g/mol. The fourth-order valence-corrected chi connectivity index (χ4v) is 8.17. The maximum absolute atomic E-state index is 13.5. The largest absolute Gasteiger partial charge is 0.484 e. The zero-order chi connectivity index (χ0) is 27.1. The monoisotopic (exact) mass is 570 g/mol. The van der Waals surface area contributed by atoms with Gasteiger partial charge in [0, 0.05) is 35.1 Å². The third-order valence-corrected chi connectivity index (χ3v) is 10.4. The third-order valence-electron chi connectivity index (χ3n) is 9.67. The van der Waals surface area contributed by atoms with E-state index in [9.17, 15) is 14.7 Å². The number of ether oxygens (including phenoxy) is 1. The highest BCUT2D eigenvalue weighted by Crippen LogP contribution is 2.55. The quantitative estimate of drug-likeness (QED) is 0.444. The number of aliphatic hydroxyl groups is 1. The van der Waals surface area contributed by atoms with Gasteiger partial charge in [0.1, 0.15) is 5.75 Å². The van der Waals surface area contributed by atoms with E-state index in [-0.39, 0.29) is 30.4 Å². The molecule has 0 radical (unpaired) electrons. The lowest BCUT2D eigenvalue weighted by molar-refractivity contribution is -0.149. The van der Waals surface area contributed by atoms with Crippen LogP contribution >= 0.6 is 23.2 Å². The number of carbonyl (C=O) groups is 2. The molecular formula is C31H36Cl2N2O4. The molecule has 2 aromatic rings. The van der Waals surface area contributed by atoms with Crippen LogP contribution in [-0.2, 0) is 22.6 Å². The Labute approximate surface area is 240 Å². The first kappa shape index (κ1) is 26.9. The van der Waals surface area contributed by atoms with Crippen LogP contribution in [0.1, 0.15) is 56.1 Å². The Morgan fingerprint density at radius 3 is 2.67 bits per heavy atom. The number of halogens is 2. The molecule has 4 aliphatic rings. The van der Waals surface area contributed by atoms with E-state index in [1.54, 1.807) is 18.2 Å². The highest BCUT2D eigenvalue weighted by molar-refractivity contribution is 6.31. The van der Waals surface area contributed by atoms with Crippen LogP contribution in [0.25, 0.3) is 0 Å². The van der Waals surface area contributed by atoms with Crippen molar-refractivity contribution in [3.05, 3.63) is 63.6 Å². The molecule has 3 aliphatic carbocycles. The summed E-state index contributed by atoms with van der Waals surface area (Å²) in [4.78, 5) is 27.9. The van der Waals surface area contributed by atoms with Gasteiger partial charge in [0.15, 0.2) is 6.61 Å². The number of hydrogen-bond donors (Lipinski definition) is 2. The van der Waals surface area contributed by atoms with Gasteiger partial charge in [0.2, 0.25) is 5.91 Å². The molecule has 39 heavy (non-hydrogen) atoms. The van der Waals surface area contributed by atoms with Crippen molar-refractivity contribution in [3.63, 3.8) is 0 Å². The summed E-state index contributed by atoms with van der Waals surface area (Å²) in [5.41, 5.74) is 1.26. The van der Waals surface area contributed by atoms with Crippen LogP contribution in [0.3, 0.4) is 0 Å². The highest BCUT2D eigenvalue weighted by Gasteiger charge is 2.54. The maximum atomic E-state index is 13.5. The third kappa shape index (κ3) is 5.66. The molecule has 1 saturated heterocycles. The van der Waals surface area contributed by atoms with Gasteiger partial charge in [-0.25, -0.2) is 0 Å². The summed E-state index contributed by atoms with van der Waals surface area (Å²) in [6.45, 7) is 0.996. The van der Waals surface area contributed by atoms with Crippen molar-refractivity contribution < 1.29 is 19.4 Å². The first-order chi connectivity index (χ1) is 18.8. The van der Waals surface area contributed by atoms with E-state index in [2.05, 4.69) is 10.2 Å². The average Bonchev–Trinajstić information content (AvgIpc) is 3.26. The Kier molecular flexibility index (Phi) is 7.55. The number of hydrogen-bond acceptors (Lipinski definition) is 4. The molecule has 208 valence electrons. The van der Waals surface area contributed by atoms with Gasteiger partial charge in [-0.05, 0) is 98.4 Å². The van der Waals surface area contributed by atoms with Crippen LogP contribution in [0.4, 0.5) is 0 Å². The number of likely N-dealkylation sites (tertiary alicyclic amines) is 1. The summed E-state index contributed by atoms with van der Waals surface area (Å²) in [6.07, 6.45) is 7.53. The SMILES string of the molecule is O=C(COc1ccc(CC2CCN(C3CC4CCC5(O)CC4CC3C5)C2=O)c(Cl)c1)NCc1ccccc1Cl. The number of benzene rings is 2. The van der Waals surface area contributed by atoms with Crippen molar-refractivity contribution in [3.8, 4) is 5.75 Å². The summed E-state index contributed by atoms with van der Waals surface area (Å²) >= 11 is 12.7. The van der Waals surface area contributed by atoms with Crippen LogP contribution in [-0.4, -0.2) is 46.6 Å². The van der Waals surface area contributed by atoms with E-state index in [1.807, 2.05) is 24.3 Å². The first-order valence-corrected chi connectivity index (χ1v) is 15.0. The number of amides is 2. The molecule has 8 heteroatoms. The maximum Gasteiger partial charge on any atom is 0.258 e. The first-order valence-electron chi connectivity index (χ1n) is 14.2. The molecule has 6 rings (SSSR count). The van der Waals surface area contributed by atoms with Crippen LogP contribution in [0.5, 0.6) is 5.75 Å². The molecule has 3 bridgehead atoms. The predicted molar refractivity (Wildman–Crippen MR) is 151 cm³/mol. The van der Waals surface area contributed by atoms with E-state index in [0.29, 0.717) is 46.5 Å². The van der Waals surface area contributed by atoms with Crippen molar-refractivity contribution >= 4 is 35.0 Å². The number of carbonyl (C=O) groups excluding carboxylic acids is 2. The molecule has 1 heterocycles. The Morgan fingerprint density at radius 2 is 1.85 bits per heavy atom. The summed E-state index contributed by atoms with van der Waals surface area (Å²) in [7, 11) is 0. The number of rotatable bonds is 8. The Morgan fingerprint density at radius 1 is 1.03 bits per heavy atom. The summed E-state index contributed by atoms with van der Waals surface area (Å²) in [5.74, 6) is 2.14. The van der Waals surface area contributed by atoms with Gasteiger partial charge in [0.25, 0.3) is 5.91 Å². The van der Waals surface area contributed by atoms with Gasteiger partial charge in [-0.15, -0.1) is 0 Å². The van der Waals surface area contributed by atoms with Gasteiger partial charge in [-0.3, -0.25) is 9.59 Å². The molecule has 6 atom stereocenters. The van der Waals surface area contributed by atoms with Crippen molar-refractivity contribution in [2.24, 2.45) is 23.7 Å². The fraction of sp³-hybridized carbons (Fsp3) is 0.548. The van der Waals surface area contributed by atoms with E-state index in [4.69, 9.17) is 27.9 Å². The Hall–Kier alpha value is -2.28. The molecule has 1 aliphatic heterocycles. The molecule has 3 saturated carbocycles. The van der Waals surface area contributed by atoms with Crippen molar-refractivity contribution in [1.29, 1.82) is 0 Å². The number of fused-ring (bicyclic) bond motifs is 2. The van der Waals surface area contributed by atoms with Gasteiger partial charge in [-0.2, -0.15) is 0 Å². The molecular weight excluding hydrogens is 535 g/mol. The zero-order valence-corrected chi connectivity index (χ0v) is 23.6. The lowest BCUT2D eigenvalue weighted by Gasteiger charge is -2.56. The van der Waals surface area contributed by atoms with Gasteiger partial charge in [0.05, 0.1) is 5.60 Å². The molecule has 0 aromatic heterocycles. The molecule has 0 spiro atoms. The molecule has 6 unspecified atom stereocenters. The minimum absolute atomic E-state index is 0.0774. The van der Waals surface area contributed by atoms with E-state index in [0.717, 1.165) is 62.6 Å². The second-order valence-electron chi connectivity index (χ2n) is 12.1. The lowest BCUT2D eigenvalue weighted by Crippen LogP contribution is -2.57. The summed E-state index contributed by atoms with van der Waals surface area (Å²) in [5, 5.41) is 15.0. The standard InChI is InChI=1S/C31H36Cl2N2O4/c32-26-4-2-1-3-22(26)17-34-29(36)18-39-25-6-5-20(27(33)14-25)11-21-8-10-35(30(21)37)28-13-19-7-9-31(38)15-23(19)12-24(28)16-31/h1-6,14,19,21,23-24,28,38H,7-13,15-18H2,(H,34,36). The molecule has 2 amide bonds. The van der Waals surface area contributed by atoms with Crippen molar-refractivity contribution in [1.82, 2.24) is 10.2 Å². The Bertz CT molecular complexity index is 1250. The van der Waals surface area contributed by atoms with Gasteiger partial charge >= 0.3 is 0 Å². The van der Waals surface area contributed by atoms with E-state index in [1.165, 1.54) is 0 Å².